The minimum Gasteiger partial charge on any atom is -0.487 e. The van der Waals surface area contributed by atoms with Crippen LogP contribution in [0.15, 0.2) is 71.9 Å². The zero-order valence-corrected chi connectivity index (χ0v) is 18.6. The van der Waals surface area contributed by atoms with E-state index in [0.29, 0.717) is 25.7 Å². The summed E-state index contributed by atoms with van der Waals surface area (Å²) < 4.78 is 19.3. The van der Waals surface area contributed by atoms with Crippen molar-refractivity contribution in [1.29, 1.82) is 0 Å². The molecular formula is C24H27FN4OS. The molecule has 3 aromatic rings. The molecule has 0 aliphatic carbocycles. The van der Waals surface area contributed by atoms with Crippen LogP contribution in [0.25, 0.3) is 0 Å². The second-order valence-electron chi connectivity index (χ2n) is 6.88. The molecule has 1 heterocycles. The van der Waals surface area contributed by atoms with Crippen LogP contribution in [0.5, 0.6) is 5.75 Å². The van der Waals surface area contributed by atoms with Crippen molar-refractivity contribution >= 4 is 17.7 Å². The van der Waals surface area contributed by atoms with Gasteiger partial charge in [0.1, 0.15) is 18.2 Å². The Morgan fingerprint density at radius 1 is 1.03 bits per heavy atom. The number of benzene rings is 2. The molecule has 0 saturated heterocycles. The molecule has 7 heteroatoms. The molecule has 0 fully saturated rings. The van der Waals surface area contributed by atoms with Crippen LogP contribution in [-0.4, -0.2) is 24.2 Å². The number of rotatable bonds is 9. The van der Waals surface area contributed by atoms with Crippen LogP contribution in [0.2, 0.25) is 0 Å². The Hall–Kier alpha value is -3.06. The van der Waals surface area contributed by atoms with E-state index in [2.05, 4.69) is 20.6 Å². The third-order valence-corrected chi connectivity index (χ3v) is 5.23. The minimum absolute atomic E-state index is 0.206. The lowest BCUT2D eigenvalue weighted by atomic mass is 10.1. The molecule has 2 aromatic carbocycles. The molecule has 0 unspecified atom stereocenters. The molecule has 0 spiro atoms. The molecule has 162 valence electrons. The molecule has 0 bridgehead atoms. The number of pyridine rings is 1. The second kappa shape index (κ2) is 12.0. The van der Waals surface area contributed by atoms with Gasteiger partial charge in [-0.3, -0.25) is 9.98 Å². The highest BCUT2D eigenvalue weighted by Crippen LogP contribution is 2.17. The number of hydrogen-bond donors (Lipinski definition) is 2. The van der Waals surface area contributed by atoms with Crippen molar-refractivity contribution in [3.05, 3.63) is 95.1 Å². The Kier molecular flexibility index (Phi) is 8.72. The van der Waals surface area contributed by atoms with E-state index in [1.54, 1.807) is 31.1 Å². The summed E-state index contributed by atoms with van der Waals surface area (Å²) in [6.07, 6.45) is 3.77. The van der Waals surface area contributed by atoms with Crippen molar-refractivity contribution in [2.75, 3.05) is 13.3 Å². The molecule has 3 rings (SSSR count). The van der Waals surface area contributed by atoms with Gasteiger partial charge in [0.15, 0.2) is 5.96 Å². The molecule has 0 saturated carbocycles. The van der Waals surface area contributed by atoms with Crippen molar-refractivity contribution in [3.63, 3.8) is 0 Å². The minimum atomic E-state index is -0.206. The first-order valence-electron chi connectivity index (χ1n) is 10.0. The van der Waals surface area contributed by atoms with E-state index in [0.717, 1.165) is 33.9 Å². The monoisotopic (exact) mass is 438 g/mol. The molecule has 0 radical (unpaired) electrons. The number of nitrogens with zero attached hydrogens (tertiary/aromatic N) is 2. The summed E-state index contributed by atoms with van der Waals surface area (Å²) in [6.45, 7) is 1.65. The van der Waals surface area contributed by atoms with Gasteiger partial charge in [-0.2, -0.15) is 11.8 Å². The Bertz CT molecular complexity index is 981. The van der Waals surface area contributed by atoms with Gasteiger partial charge in [0.05, 0.1) is 5.69 Å². The summed E-state index contributed by atoms with van der Waals surface area (Å²) in [5.74, 6) is 2.06. The molecule has 5 nitrogen and oxygen atoms in total. The molecule has 0 atom stereocenters. The Morgan fingerprint density at radius 3 is 2.55 bits per heavy atom. The van der Waals surface area contributed by atoms with Crippen molar-refractivity contribution in [1.82, 2.24) is 15.6 Å². The number of aliphatic imine (C=N–C) groups is 1. The Labute approximate surface area is 187 Å². The van der Waals surface area contributed by atoms with E-state index >= 15 is 0 Å². The number of aromatic nitrogens is 1. The zero-order valence-electron chi connectivity index (χ0n) is 17.8. The van der Waals surface area contributed by atoms with Crippen molar-refractivity contribution < 1.29 is 9.13 Å². The Morgan fingerprint density at radius 2 is 1.84 bits per heavy atom. The summed E-state index contributed by atoms with van der Waals surface area (Å²) in [5.41, 5.74) is 4.06. The fourth-order valence-corrected chi connectivity index (χ4v) is 3.57. The first-order valence-corrected chi connectivity index (χ1v) is 11.4. The average Bonchev–Trinajstić information content (AvgIpc) is 2.80. The maximum atomic E-state index is 13.5. The molecule has 0 amide bonds. The van der Waals surface area contributed by atoms with Crippen LogP contribution in [0.4, 0.5) is 4.39 Å². The quantitative estimate of drug-likeness (QED) is 0.380. The van der Waals surface area contributed by atoms with E-state index in [4.69, 9.17) is 4.74 Å². The number of nitrogens with one attached hydrogen (secondary N) is 2. The summed E-state index contributed by atoms with van der Waals surface area (Å²) in [7, 11) is 1.73. The molecule has 2 N–H and O–H groups in total. The smallest absolute Gasteiger partial charge is 0.191 e. The van der Waals surface area contributed by atoms with E-state index in [1.165, 1.54) is 6.07 Å². The highest BCUT2D eigenvalue weighted by Gasteiger charge is 2.06. The van der Waals surface area contributed by atoms with Crippen molar-refractivity contribution in [2.45, 2.75) is 25.4 Å². The van der Waals surface area contributed by atoms with Crippen LogP contribution in [0.3, 0.4) is 0 Å². The lowest BCUT2D eigenvalue weighted by molar-refractivity contribution is 0.301. The lowest BCUT2D eigenvalue weighted by Gasteiger charge is -2.14. The van der Waals surface area contributed by atoms with E-state index < -0.39 is 0 Å². The van der Waals surface area contributed by atoms with E-state index in [-0.39, 0.29) is 5.82 Å². The number of thioether (sulfide) groups is 1. The van der Waals surface area contributed by atoms with Crippen LogP contribution in [-0.2, 0) is 25.4 Å². The van der Waals surface area contributed by atoms with Crippen LogP contribution >= 0.6 is 11.8 Å². The number of hydrogen-bond acceptors (Lipinski definition) is 4. The van der Waals surface area contributed by atoms with Gasteiger partial charge in [0, 0.05) is 32.1 Å². The summed E-state index contributed by atoms with van der Waals surface area (Å²) in [5, 5.41) is 6.60. The van der Waals surface area contributed by atoms with Crippen LogP contribution in [0, 0.1) is 5.82 Å². The normalized spacial score (nSPS) is 11.3. The largest absolute Gasteiger partial charge is 0.487 e. The zero-order chi connectivity index (χ0) is 21.9. The highest BCUT2D eigenvalue weighted by molar-refractivity contribution is 7.97. The summed E-state index contributed by atoms with van der Waals surface area (Å²) in [6, 6.07) is 18.6. The molecule has 31 heavy (non-hydrogen) atoms. The second-order valence-corrected chi connectivity index (χ2v) is 7.75. The first-order chi connectivity index (χ1) is 15.2. The van der Waals surface area contributed by atoms with Crippen molar-refractivity contribution in [2.24, 2.45) is 4.99 Å². The summed E-state index contributed by atoms with van der Waals surface area (Å²) in [4.78, 5) is 8.53. The predicted octanol–water partition coefficient (Wildman–Crippen LogP) is 4.53. The third-order valence-electron chi connectivity index (χ3n) is 4.63. The molecule has 1 aromatic heterocycles. The van der Waals surface area contributed by atoms with Gasteiger partial charge in [-0.1, -0.05) is 24.3 Å². The SMILES string of the molecule is CN=C(NCc1ccc(OCc2ccccn2)cc1)NCc1ccc(F)cc1CSC. The maximum Gasteiger partial charge on any atom is 0.191 e. The van der Waals surface area contributed by atoms with E-state index in [1.807, 2.05) is 54.8 Å². The molecule has 0 aliphatic heterocycles. The van der Waals surface area contributed by atoms with Gasteiger partial charge < -0.3 is 15.4 Å². The number of ether oxygens (including phenoxy) is 1. The Balaban J connectivity index is 1.48. The van der Waals surface area contributed by atoms with E-state index in [9.17, 15) is 4.39 Å². The fraction of sp³-hybridized carbons (Fsp3) is 0.250. The lowest BCUT2D eigenvalue weighted by Crippen LogP contribution is -2.36. The van der Waals surface area contributed by atoms with Gasteiger partial charge in [-0.05, 0) is 59.3 Å². The fourth-order valence-electron chi connectivity index (χ4n) is 2.99. The number of guanidine groups is 1. The predicted molar refractivity (Wildman–Crippen MR) is 126 cm³/mol. The highest BCUT2D eigenvalue weighted by atomic mass is 32.2. The average molecular weight is 439 g/mol. The first kappa shape index (κ1) is 22.6. The summed E-state index contributed by atoms with van der Waals surface area (Å²) >= 11 is 1.67. The van der Waals surface area contributed by atoms with Gasteiger partial charge in [0.2, 0.25) is 0 Å². The topological polar surface area (TPSA) is 58.5 Å². The van der Waals surface area contributed by atoms with Gasteiger partial charge in [-0.25, -0.2) is 4.39 Å². The van der Waals surface area contributed by atoms with Gasteiger partial charge in [-0.15, -0.1) is 0 Å². The maximum absolute atomic E-state index is 13.5. The standard InChI is InChI=1S/C24H27FN4OS/c1-26-24(29-15-19-8-9-21(25)13-20(19)17-31-2)28-14-18-6-10-23(11-7-18)30-16-22-5-3-4-12-27-22/h3-13H,14-17H2,1-2H3,(H2,26,28,29). The molecule has 0 aliphatic rings. The molecular weight excluding hydrogens is 411 g/mol. The van der Waals surface area contributed by atoms with Gasteiger partial charge >= 0.3 is 0 Å². The number of halogens is 1. The van der Waals surface area contributed by atoms with Gasteiger partial charge in [0.25, 0.3) is 0 Å². The van der Waals surface area contributed by atoms with Crippen molar-refractivity contribution in [3.8, 4) is 5.75 Å². The van der Waals surface area contributed by atoms with Crippen LogP contribution in [0.1, 0.15) is 22.4 Å². The third kappa shape index (κ3) is 7.29. The van der Waals surface area contributed by atoms with Crippen LogP contribution < -0.4 is 15.4 Å².